The molecule has 0 saturated carbocycles. The van der Waals surface area contributed by atoms with Crippen LogP contribution < -0.4 is 10.2 Å². The van der Waals surface area contributed by atoms with E-state index < -0.39 is 24.2 Å². The van der Waals surface area contributed by atoms with Crippen LogP contribution in [0, 0.1) is 0 Å². The largest absolute Gasteiger partial charge is 0.338 e. The van der Waals surface area contributed by atoms with Gasteiger partial charge in [0.25, 0.3) is 17.7 Å². The first kappa shape index (κ1) is 31.8. The van der Waals surface area contributed by atoms with Crippen molar-refractivity contribution in [1.29, 1.82) is 0 Å². The van der Waals surface area contributed by atoms with E-state index in [-0.39, 0.29) is 29.2 Å². The first-order valence-electron chi connectivity index (χ1n) is 15.8. The minimum atomic E-state index is -3.33. The number of fused-ring (bicyclic) bond motifs is 1. The number of carbonyl (C=O) groups is 3. The summed E-state index contributed by atoms with van der Waals surface area (Å²) in [6.07, 6.45) is 1.19. The second kappa shape index (κ2) is 13.7. The third kappa shape index (κ3) is 7.00. The lowest BCUT2D eigenvalue weighted by atomic mass is 9.96. The maximum absolute atomic E-state index is 15.7. The number of halogens is 2. The van der Waals surface area contributed by atoms with E-state index in [1.807, 2.05) is 49.5 Å². The molecule has 47 heavy (non-hydrogen) atoms. The molecule has 240 valence electrons. The molecule has 0 unspecified atom stereocenters. The molecule has 4 aromatic rings. The van der Waals surface area contributed by atoms with Crippen LogP contribution in [0.3, 0.4) is 0 Å². The molecule has 0 aliphatic carbocycles. The van der Waals surface area contributed by atoms with Gasteiger partial charge in [0.1, 0.15) is 0 Å². The number of para-hydroxylation sites is 1. The zero-order valence-electron chi connectivity index (χ0n) is 26.2. The fourth-order valence-corrected chi connectivity index (χ4v) is 6.12. The van der Waals surface area contributed by atoms with Gasteiger partial charge in [0, 0.05) is 66.6 Å². The predicted molar refractivity (Wildman–Crippen MR) is 181 cm³/mol. The van der Waals surface area contributed by atoms with Gasteiger partial charge in [-0.05, 0) is 67.5 Å². The molecule has 0 bridgehead atoms. The SMILES string of the molecule is CN1CCCN(C(=O)/C=C2/c3ccccc3N(C(=O)c3ccc(NC(=O)c4ccccc4-c4ccccc4)cc3)CCC2(F)F)CC1. The number of nitrogens with zero attached hydrogens (tertiary/aromatic N) is 3. The van der Waals surface area contributed by atoms with Gasteiger partial charge in [-0.1, -0.05) is 66.7 Å². The van der Waals surface area contributed by atoms with Gasteiger partial charge in [-0.2, -0.15) is 0 Å². The van der Waals surface area contributed by atoms with E-state index in [1.54, 1.807) is 59.5 Å². The van der Waals surface area contributed by atoms with Crippen molar-refractivity contribution in [3.05, 3.63) is 126 Å². The van der Waals surface area contributed by atoms with Crippen LogP contribution in [-0.4, -0.2) is 73.2 Å². The molecule has 3 amide bonds. The fourth-order valence-electron chi connectivity index (χ4n) is 6.12. The van der Waals surface area contributed by atoms with Gasteiger partial charge >= 0.3 is 0 Å². The number of hydrogen-bond donors (Lipinski definition) is 1. The lowest BCUT2D eigenvalue weighted by molar-refractivity contribution is -0.126. The minimum absolute atomic E-state index is 0.157. The molecule has 0 aromatic heterocycles. The van der Waals surface area contributed by atoms with Gasteiger partial charge < -0.3 is 20.0 Å². The Labute approximate surface area is 273 Å². The number of nitrogens with one attached hydrogen (secondary N) is 1. The summed E-state index contributed by atoms with van der Waals surface area (Å²) in [5.41, 5.74) is 3.08. The smallest absolute Gasteiger partial charge is 0.275 e. The highest BCUT2D eigenvalue weighted by Gasteiger charge is 2.41. The molecule has 4 aromatic carbocycles. The topological polar surface area (TPSA) is 73.0 Å². The molecule has 2 aliphatic heterocycles. The molecule has 0 spiro atoms. The molecular weight excluding hydrogens is 598 g/mol. The maximum atomic E-state index is 15.7. The molecular formula is C38H36F2N4O3. The molecule has 0 atom stereocenters. The minimum Gasteiger partial charge on any atom is -0.338 e. The van der Waals surface area contributed by atoms with E-state index in [2.05, 4.69) is 10.2 Å². The van der Waals surface area contributed by atoms with Crippen LogP contribution in [0.5, 0.6) is 0 Å². The van der Waals surface area contributed by atoms with Crippen molar-refractivity contribution < 1.29 is 23.2 Å². The number of allylic oxidation sites excluding steroid dienone is 1. The Morgan fingerprint density at radius 2 is 1.43 bits per heavy atom. The van der Waals surface area contributed by atoms with E-state index in [0.717, 1.165) is 30.2 Å². The average molecular weight is 635 g/mol. The number of hydrogen-bond acceptors (Lipinski definition) is 4. The van der Waals surface area contributed by atoms with Crippen molar-refractivity contribution in [2.24, 2.45) is 0 Å². The summed E-state index contributed by atoms with van der Waals surface area (Å²) >= 11 is 0. The monoisotopic (exact) mass is 634 g/mol. The van der Waals surface area contributed by atoms with Crippen LogP contribution in [0.15, 0.2) is 109 Å². The summed E-state index contributed by atoms with van der Waals surface area (Å²) < 4.78 is 31.5. The van der Waals surface area contributed by atoms with Crippen LogP contribution in [0.2, 0.25) is 0 Å². The van der Waals surface area contributed by atoms with Gasteiger partial charge in [0.15, 0.2) is 0 Å². The highest BCUT2D eigenvalue weighted by atomic mass is 19.3. The zero-order chi connectivity index (χ0) is 33.0. The lowest BCUT2D eigenvalue weighted by Gasteiger charge is -2.23. The summed E-state index contributed by atoms with van der Waals surface area (Å²) in [5, 5.41) is 2.90. The highest BCUT2D eigenvalue weighted by Crippen LogP contribution is 2.43. The van der Waals surface area contributed by atoms with Crippen LogP contribution in [0.4, 0.5) is 20.2 Å². The van der Waals surface area contributed by atoms with Crippen LogP contribution in [0.1, 0.15) is 39.1 Å². The molecule has 2 heterocycles. The van der Waals surface area contributed by atoms with Crippen molar-refractivity contribution in [3.8, 4) is 11.1 Å². The van der Waals surface area contributed by atoms with Gasteiger partial charge in [0.05, 0.1) is 5.69 Å². The number of benzene rings is 4. The summed E-state index contributed by atoms with van der Waals surface area (Å²) in [5.74, 6) is -4.53. The standard InChI is InChI=1S/C38H36F2N4O3/c1-42-21-9-22-43(25-24-42)35(45)26-33-32-14-7-8-15-34(32)44(23-20-38(33,39)40)37(47)28-16-18-29(19-17-28)41-36(46)31-13-6-5-12-30(31)27-10-3-2-4-11-27/h2-8,10-19,26H,9,20-25H2,1H3,(H,41,46)/b33-26-. The van der Waals surface area contributed by atoms with Crippen LogP contribution in [0.25, 0.3) is 16.7 Å². The third-order valence-corrected chi connectivity index (χ3v) is 8.72. The molecule has 7 nitrogen and oxygen atoms in total. The quantitative estimate of drug-likeness (QED) is 0.244. The summed E-state index contributed by atoms with van der Waals surface area (Å²) in [6, 6.07) is 29.8. The normalized spacial score (nSPS) is 17.4. The molecule has 9 heteroatoms. The van der Waals surface area contributed by atoms with Crippen LogP contribution in [-0.2, 0) is 4.79 Å². The van der Waals surface area contributed by atoms with E-state index in [9.17, 15) is 14.4 Å². The number of rotatable bonds is 5. The summed E-state index contributed by atoms with van der Waals surface area (Å²) in [4.78, 5) is 45.4. The highest BCUT2D eigenvalue weighted by molar-refractivity contribution is 6.11. The van der Waals surface area contributed by atoms with Crippen molar-refractivity contribution >= 4 is 34.7 Å². The Morgan fingerprint density at radius 3 is 2.19 bits per heavy atom. The van der Waals surface area contributed by atoms with Crippen molar-refractivity contribution in [2.45, 2.75) is 18.8 Å². The average Bonchev–Trinajstić information content (AvgIpc) is 3.37. The lowest BCUT2D eigenvalue weighted by Crippen LogP contribution is -2.34. The number of carbonyl (C=O) groups excluding carboxylic acids is 3. The Morgan fingerprint density at radius 1 is 0.745 bits per heavy atom. The first-order chi connectivity index (χ1) is 22.7. The number of anilines is 2. The number of amides is 3. The van der Waals surface area contributed by atoms with E-state index in [1.165, 1.54) is 11.0 Å². The van der Waals surface area contributed by atoms with Crippen LogP contribution >= 0.6 is 0 Å². The molecule has 6 rings (SSSR count). The number of likely N-dealkylation sites (N-methyl/N-ethyl adjacent to an activating group) is 1. The Bertz CT molecular complexity index is 1810. The van der Waals surface area contributed by atoms with Crippen molar-refractivity contribution in [2.75, 3.05) is 50.0 Å². The third-order valence-electron chi connectivity index (χ3n) is 8.72. The first-order valence-corrected chi connectivity index (χ1v) is 15.8. The Balaban J connectivity index is 1.23. The van der Waals surface area contributed by atoms with E-state index >= 15 is 8.78 Å². The Kier molecular flexibility index (Phi) is 9.26. The molecule has 0 radical (unpaired) electrons. The Hall–Kier alpha value is -5.15. The van der Waals surface area contributed by atoms with E-state index in [0.29, 0.717) is 36.6 Å². The molecule has 1 N–H and O–H groups in total. The maximum Gasteiger partial charge on any atom is 0.275 e. The second-order valence-corrected chi connectivity index (χ2v) is 11.9. The van der Waals surface area contributed by atoms with Gasteiger partial charge in [-0.15, -0.1) is 0 Å². The second-order valence-electron chi connectivity index (χ2n) is 11.9. The fraction of sp³-hybridized carbons (Fsp3) is 0.237. The zero-order valence-corrected chi connectivity index (χ0v) is 26.2. The predicted octanol–water partition coefficient (Wildman–Crippen LogP) is 6.84. The summed E-state index contributed by atoms with van der Waals surface area (Å²) in [7, 11) is 1.98. The van der Waals surface area contributed by atoms with E-state index in [4.69, 9.17) is 0 Å². The molecule has 1 fully saturated rings. The van der Waals surface area contributed by atoms with Crippen molar-refractivity contribution in [3.63, 3.8) is 0 Å². The van der Waals surface area contributed by atoms with Gasteiger partial charge in [-0.3, -0.25) is 14.4 Å². The molecule has 1 saturated heterocycles. The van der Waals surface area contributed by atoms with Gasteiger partial charge in [-0.25, -0.2) is 8.78 Å². The molecule has 2 aliphatic rings. The summed E-state index contributed by atoms with van der Waals surface area (Å²) in [6.45, 7) is 2.24. The van der Waals surface area contributed by atoms with Crippen molar-refractivity contribution in [1.82, 2.24) is 9.80 Å². The number of alkyl halides is 2. The van der Waals surface area contributed by atoms with Gasteiger partial charge in [0.2, 0.25) is 5.91 Å².